The molecule has 0 saturated carbocycles. The summed E-state index contributed by atoms with van der Waals surface area (Å²) in [6, 6.07) is 7.84. The SMILES string of the molecule is CCn1c(SCC(=O)N[C@H](C)c2cccs2)nnc1-c1ccncc1. The molecule has 6 nitrogen and oxygen atoms in total. The maximum atomic E-state index is 12.2. The summed E-state index contributed by atoms with van der Waals surface area (Å²) in [6.07, 6.45) is 3.46. The molecule has 0 bridgehead atoms. The fourth-order valence-electron chi connectivity index (χ4n) is 2.42. The molecule has 0 radical (unpaired) electrons. The minimum atomic E-state index is -0.0120. The monoisotopic (exact) mass is 373 g/mol. The van der Waals surface area contributed by atoms with Crippen molar-refractivity contribution < 1.29 is 4.79 Å². The molecule has 1 amide bonds. The van der Waals surface area contributed by atoms with Crippen molar-refractivity contribution in [2.75, 3.05) is 5.75 Å². The summed E-state index contributed by atoms with van der Waals surface area (Å²) in [5.41, 5.74) is 0.965. The van der Waals surface area contributed by atoms with Crippen molar-refractivity contribution in [1.29, 1.82) is 0 Å². The molecule has 0 fully saturated rings. The zero-order valence-electron chi connectivity index (χ0n) is 14.0. The van der Waals surface area contributed by atoms with E-state index >= 15 is 0 Å². The van der Waals surface area contributed by atoms with Crippen LogP contribution in [0.25, 0.3) is 11.4 Å². The van der Waals surface area contributed by atoms with E-state index in [0.717, 1.165) is 28.0 Å². The minimum Gasteiger partial charge on any atom is -0.348 e. The number of nitrogens with one attached hydrogen (secondary N) is 1. The lowest BCUT2D eigenvalue weighted by atomic mass is 10.2. The van der Waals surface area contributed by atoms with Crippen molar-refractivity contribution in [3.8, 4) is 11.4 Å². The quantitative estimate of drug-likeness (QED) is 0.643. The molecule has 1 N–H and O–H groups in total. The van der Waals surface area contributed by atoms with Crippen LogP contribution in [-0.2, 0) is 11.3 Å². The highest BCUT2D eigenvalue weighted by molar-refractivity contribution is 7.99. The first-order valence-corrected chi connectivity index (χ1v) is 9.84. The maximum absolute atomic E-state index is 12.2. The zero-order valence-corrected chi connectivity index (χ0v) is 15.7. The van der Waals surface area contributed by atoms with Gasteiger partial charge >= 0.3 is 0 Å². The standard InChI is InChI=1S/C17H19N5OS2/c1-3-22-16(13-6-8-18-9-7-13)20-21-17(22)25-11-15(23)19-12(2)14-5-4-10-24-14/h4-10,12H,3,11H2,1-2H3,(H,19,23)/t12-/m1/s1. The number of thiophene rings is 1. The largest absolute Gasteiger partial charge is 0.348 e. The van der Waals surface area contributed by atoms with Gasteiger partial charge in [-0.25, -0.2) is 0 Å². The topological polar surface area (TPSA) is 72.7 Å². The van der Waals surface area contributed by atoms with Crippen LogP contribution in [0.2, 0.25) is 0 Å². The Labute approximate surface area is 154 Å². The lowest BCUT2D eigenvalue weighted by Crippen LogP contribution is -2.27. The van der Waals surface area contributed by atoms with Crippen molar-refractivity contribution in [2.24, 2.45) is 0 Å². The molecule has 0 aliphatic heterocycles. The highest BCUT2D eigenvalue weighted by Gasteiger charge is 2.16. The van der Waals surface area contributed by atoms with Gasteiger partial charge in [-0.1, -0.05) is 17.8 Å². The van der Waals surface area contributed by atoms with Crippen LogP contribution in [0.5, 0.6) is 0 Å². The van der Waals surface area contributed by atoms with Gasteiger partial charge in [0, 0.05) is 29.4 Å². The van der Waals surface area contributed by atoms with Crippen LogP contribution >= 0.6 is 23.1 Å². The van der Waals surface area contributed by atoms with Crippen LogP contribution in [-0.4, -0.2) is 31.4 Å². The second kappa shape index (κ2) is 8.26. The molecular formula is C17H19N5OS2. The first-order valence-electron chi connectivity index (χ1n) is 7.98. The fourth-order valence-corrected chi connectivity index (χ4v) is 3.97. The van der Waals surface area contributed by atoms with E-state index in [0.29, 0.717) is 5.75 Å². The highest BCUT2D eigenvalue weighted by atomic mass is 32.2. The summed E-state index contributed by atoms with van der Waals surface area (Å²) in [4.78, 5) is 17.4. The smallest absolute Gasteiger partial charge is 0.230 e. The van der Waals surface area contributed by atoms with Gasteiger partial charge in [-0.2, -0.15) is 0 Å². The van der Waals surface area contributed by atoms with E-state index in [1.807, 2.05) is 48.1 Å². The third kappa shape index (κ3) is 4.26. The summed E-state index contributed by atoms with van der Waals surface area (Å²) in [5, 5.41) is 14.3. The van der Waals surface area contributed by atoms with Gasteiger partial charge in [0.2, 0.25) is 5.91 Å². The lowest BCUT2D eigenvalue weighted by Gasteiger charge is -2.12. The molecule has 0 aromatic carbocycles. The molecule has 3 aromatic heterocycles. The second-order valence-corrected chi connectivity index (χ2v) is 7.30. The third-order valence-corrected chi connectivity index (χ3v) is 5.67. The van der Waals surface area contributed by atoms with Crippen molar-refractivity contribution >= 4 is 29.0 Å². The van der Waals surface area contributed by atoms with E-state index in [-0.39, 0.29) is 11.9 Å². The van der Waals surface area contributed by atoms with Gasteiger partial charge in [-0.3, -0.25) is 9.78 Å². The molecule has 0 spiro atoms. The van der Waals surface area contributed by atoms with Crippen LogP contribution in [0.4, 0.5) is 0 Å². The number of carbonyl (C=O) groups is 1. The van der Waals surface area contributed by atoms with E-state index in [1.54, 1.807) is 23.7 Å². The van der Waals surface area contributed by atoms with Crippen LogP contribution in [0.15, 0.2) is 47.2 Å². The van der Waals surface area contributed by atoms with Gasteiger partial charge in [0.1, 0.15) is 0 Å². The Bertz CT molecular complexity index is 817. The Morgan fingerprint density at radius 3 is 2.80 bits per heavy atom. The molecule has 3 rings (SSSR count). The van der Waals surface area contributed by atoms with Crippen molar-refractivity contribution in [1.82, 2.24) is 25.1 Å². The van der Waals surface area contributed by atoms with Gasteiger partial charge in [0.05, 0.1) is 11.8 Å². The molecule has 0 aliphatic rings. The number of pyridine rings is 1. The molecular weight excluding hydrogens is 354 g/mol. The molecule has 130 valence electrons. The number of thioether (sulfide) groups is 1. The molecule has 0 saturated heterocycles. The number of carbonyl (C=O) groups excluding carboxylic acids is 1. The third-order valence-electron chi connectivity index (χ3n) is 3.65. The summed E-state index contributed by atoms with van der Waals surface area (Å²) >= 11 is 3.04. The summed E-state index contributed by atoms with van der Waals surface area (Å²) in [5.74, 6) is 1.09. The normalized spacial score (nSPS) is 12.1. The maximum Gasteiger partial charge on any atom is 0.230 e. The average Bonchev–Trinajstić information content (AvgIpc) is 3.30. The van der Waals surface area contributed by atoms with E-state index in [9.17, 15) is 4.79 Å². The summed E-state index contributed by atoms with van der Waals surface area (Å²) < 4.78 is 2.01. The van der Waals surface area contributed by atoms with E-state index in [2.05, 4.69) is 20.5 Å². The fraction of sp³-hybridized carbons (Fsp3) is 0.294. The Morgan fingerprint density at radius 1 is 1.32 bits per heavy atom. The molecule has 25 heavy (non-hydrogen) atoms. The van der Waals surface area contributed by atoms with Crippen LogP contribution in [0.1, 0.15) is 24.8 Å². The Morgan fingerprint density at radius 2 is 2.12 bits per heavy atom. The Balaban J connectivity index is 1.63. The van der Waals surface area contributed by atoms with E-state index < -0.39 is 0 Å². The summed E-state index contributed by atoms with van der Waals surface area (Å²) in [7, 11) is 0. The molecule has 0 aliphatic carbocycles. The summed E-state index contributed by atoms with van der Waals surface area (Å²) in [6.45, 7) is 4.77. The van der Waals surface area contributed by atoms with Gasteiger partial charge in [0.15, 0.2) is 11.0 Å². The first kappa shape index (κ1) is 17.6. The second-order valence-electron chi connectivity index (χ2n) is 5.38. The number of amides is 1. The number of nitrogens with zero attached hydrogens (tertiary/aromatic N) is 4. The molecule has 8 heteroatoms. The number of rotatable bonds is 7. The van der Waals surface area contributed by atoms with Gasteiger partial charge in [-0.05, 0) is 37.4 Å². The van der Waals surface area contributed by atoms with Crippen molar-refractivity contribution in [3.63, 3.8) is 0 Å². The number of hydrogen-bond donors (Lipinski definition) is 1. The molecule has 3 aromatic rings. The van der Waals surface area contributed by atoms with E-state index in [4.69, 9.17) is 0 Å². The van der Waals surface area contributed by atoms with Crippen LogP contribution < -0.4 is 5.32 Å². The zero-order chi connectivity index (χ0) is 17.6. The molecule has 1 atom stereocenters. The lowest BCUT2D eigenvalue weighted by molar-refractivity contribution is -0.119. The van der Waals surface area contributed by atoms with Crippen LogP contribution in [0.3, 0.4) is 0 Å². The van der Waals surface area contributed by atoms with E-state index in [1.165, 1.54) is 11.8 Å². The molecule has 3 heterocycles. The average molecular weight is 374 g/mol. The van der Waals surface area contributed by atoms with Crippen molar-refractivity contribution in [3.05, 3.63) is 46.9 Å². The predicted octanol–water partition coefficient (Wildman–Crippen LogP) is 3.39. The van der Waals surface area contributed by atoms with Gasteiger partial charge < -0.3 is 9.88 Å². The van der Waals surface area contributed by atoms with Crippen molar-refractivity contribution in [2.45, 2.75) is 31.6 Å². The van der Waals surface area contributed by atoms with Gasteiger partial charge in [-0.15, -0.1) is 21.5 Å². The van der Waals surface area contributed by atoms with Crippen LogP contribution in [0, 0.1) is 0 Å². The molecule has 0 unspecified atom stereocenters. The van der Waals surface area contributed by atoms with Gasteiger partial charge in [0.25, 0.3) is 0 Å². The Kier molecular flexibility index (Phi) is 5.83. The number of hydrogen-bond acceptors (Lipinski definition) is 6. The Hall–Kier alpha value is -2.19. The predicted molar refractivity (Wildman–Crippen MR) is 101 cm³/mol. The minimum absolute atomic E-state index is 0.0120. The first-order chi connectivity index (χ1) is 12.2. The number of aromatic nitrogens is 4. The highest BCUT2D eigenvalue weighted by Crippen LogP contribution is 2.24.